The van der Waals surface area contributed by atoms with Crippen molar-refractivity contribution in [3.05, 3.63) is 53.8 Å². The van der Waals surface area contributed by atoms with Gasteiger partial charge in [0.1, 0.15) is 23.2 Å². The molecule has 0 aliphatic carbocycles. The maximum atomic E-state index is 12.9. The summed E-state index contributed by atoms with van der Waals surface area (Å²) in [6.07, 6.45) is 0.171. The van der Waals surface area contributed by atoms with Crippen molar-refractivity contribution in [1.29, 1.82) is 5.26 Å². The molecular formula is C18H17FN2O3. The molecule has 0 fully saturated rings. The third-order valence-corrected chi connectivity index (χ3v) is 3.50. The summed E-state index contributed by atoms with van der Waals surface area (Å²) in [5, 5.41) is 11.9. The summed E-state index contributed by atoms with van der Waals surface area (Å²) in [6, 6.07) is 12.5. The average molecular weight is 328 g/mol. The van der Waals surface area contributed by atoms with Gasteiger partial charge in [-0.25, -0.2) is 4.39 Å². The number of carbonyl (C=O) groups excluding carboxylic acids is 1. The zero-order valence-corrected chi connectivity index (χ0v) is 13.4. The van der Waals surface area contributed by atoms with Crippen LogP contribution in [-0.4, -0.2) is 20.1 Å². The summed E-state index contributed by atoms with van der Waals surface area (Å²) in [6.45, 7) is 0. The number of benzene rings is 2. The average Bonchev–Trinajstić information content (AvgIpc) is 2.61. The number of nitrogens with zero attached hydrogens (tertiary/aromatic N) is 1. The quantitative estimate of drug-likeness (QED) is 0.884. The van der Waals surface area contributed by atoms with Gasteiger partial charge in [-0.05, 0) is 48.0 Å². The molecular weight excluding hydrogens is 311 g/mol. The zero-order chi connectivity index (χ0) is 17.5. The Morgan fingerprint density at radius 3 is 2.50 bits per heavy atom. The third kappa shape index (κ3) is 4.23. The zero-order valence-electron chi connectivity index (χ0n) is 13.4. The maximum Gasteiger partial charge on any atom is 0.242 e. The highest BCUT2D eigenvalue weighted by Crippen LogP contribution is 2.26. The number of ether oxygens (including phenoxy) is 2. The number of hydrogen-bond donors (Lipinski definition) is 1. The van der Waals surface area contributed by atoms with E-state index in [0.29, 0.717) is 22.7 Å². The Kier molecular flexibility index (Phi) is 5.74. The van der Waals surface area contributed by atoms with Crippen LogP contribution in [0.5, 0.6) is 11.5 Å². The monoisotopic (exact) mass is 328 g/mol. The lowest BCUT2D eigenvalue weighted by Crippen LogP contribution is -2.23. The highest BCUT2D eigenvalue weighted by molar-refractivity contribution is 5.94. The van der Waals surface area contributed by atoms with Gasteiger partial charge in [0.15, 0.2) is 0 Å². The number of anilines is 1. The maximum absolute atomic E-state index is 12.9. The molecule has 0 saturated carbocycles. The van der Waals surface area contributed by atoms with Crippen molar-refractivity contribution in [2.45, 2.75) is 6.42 Å². The lowest BCUT2D eigenvalue weighted by Gasteiger charge is -2.14. The Bertz CT molecular complexity index is 754. The molecule has 1 N–H and O–H groups in total. The number of amides is 1. The van der Waals surface area contributed by atoms with E-state index in [2.05, 4.69) is 5.32 Å². The SMILES string of the molecule is COc1ccc(OC)c(C[C@H](C#N)C(=O)Nc2ccc(F)cc2)c1. The second-order valence-electron chi connectivity index (χ2n) is 5.06. The topological polar surface area (TPSA) is 71.3 Å². The fraction of sp³-hybridized carbons (Fsp3) is 0.222. The van der Waals surface area contributed by atoms with Crippen molar-refractivity contribution in [3.63, 3.8) is 0 Å². The second-order valence-corrected chi connectivity index (χ2v) is 5.06. The third-order valence-electron chi connectivity index (χ3n) is 3.50. The molecule has 0 saturated heterocycles. The fourth-order valence-corrected chi connectivity index (χ4v) is 2.22. The Hall–Kier alpha value is -3.07. The van der Waals surface area contributed by atoms with Crippen LogP contribution >= 0.6 is 0 Å². The molecule has 0 unspecified atom stereocenters. The summed E-state index contributed by atoms with van der Waals surface area (Å²) >= 11 is 0. The lowest BCUT2D eigenvalue weighted by molar-refractivity contribution is -0.118. The van der Waals surface area contributed by atoms with Gasteiger partial charge in [0.2, 0.25) is 5.91 Å². The van der Waals surface area contributed by atoms with E-state index in [1.807, 2.05) is 6.07 Å². The van der Waals surface area contributed by atoms with Crippen molar-refractivity contribution >= 4 is 11.6 Å². The minimum absolute atomic E-state index is 0.171. The summed E-state index contributed by atoms with van der Waals surface area (Å²) in [7, 11) is 3.06. The van der Waals surface area contributed by atoms with Gasteiger partial charge in [-0.15, -0.1) is 0 Å². The molecule has 0 heterocycles. The van der Waals surface area contributed by atoms with Crippen LogP contribution in [-0.2, 0) is 11.2 Å². The first-order chi connectivity index (χ1) is 11.6. The Morgan fingerprint density at radius 2 is 1.92 bits per heavy atom. The molecule has 6 heteroatoms. The molecule has 0 aliphatic heterocycles. The predicted octanol–water partition coefficient (Wildman–Crippen LogP) is 3.16. The van der Waals surface area contributed by atoms with Crippen molar-refractivity contribution in [3.8, 4) is 17.6 Å². The van der Waals surface area contributed by atoms with Gasteiger partial charge in [-0.1, -0.05) is 0 Å². The number of carbonyl (C=O) groups is 1. The van der Waals surface area contributed by atoms with Gasteiger partial charge >= 0.3 is 0 Å². The van der Waals surface area contributed by atoms with Crippen LogP contribution in [0.15, 0.2) is 42.5 Å². The normalized spacial score (nSPS) is 11.2. The van der Waals surface area contributed by atoms with Gasteiger partial charge in [0, 0.05) is 12.1 Å². The van der Waals surface area contributed by atoms with Gasteiger partial charge in [-0.2, -0.15) is 5.26 Å². The van der Waals surface area contributed by atoms with Crippen molar-refractivity contribution in [1.82, 2.24) is 0 Å². The van der Waals surface area contributed by atoms with Crippen LogP contribution in [0.2, 0.25) is 0 Å². The molecule has 0 bridgehead atoms. The first-order valence-electron chi connectivity index (χ1n) is 7.24. The van der Waals surface area contributed by atoms with Crippen molar-refractivity contribution in [2.75, 3.05) is 19.5 Å². The molecule has 2 aromatic carbocycles. The molecule has 2 aromatic rings. The van der Waals surface area contributed by atoms with E-state index in [0.717, 1.165) is 0 Å². The van der Waals surface area contributed by atoms with E-state index in [4.69, 9.17) is 9.47 Å². The van der Waals surface area contributed by atoms with Crippen LogP contribution in [0.25, 0.3) is 0 Å². The standard InChI is InChI=1S/C18H17FN2O3/c1-23-16-7-8-17(24-2)12(10-16)9-13(11-20)18(22)21-15-5-3-14(19)4-6-15/h3-8,10,13H,9H2,1-2H3,(H,21,22)/t13-/m1/s1. The molecule has 1 atom stereocenters. The Morgan fingerprint density at radius 1 is 1.21 bits per heavy atom. The number of nitriles is 1. The number of methoxy groups -OCH3 is 2. The highest BCUT2D eigenvalue weighted by atomic mass is 19.1. The molecule has 0 radical (unpaired) electrons. The first kappa shape index (κ1) is 17.3. The van der Waals surface area contributed by atoms with Crippen molar-refractivity contribution in [2.24, 2.45) is 5.92 Å². The van der Waals surface area contributed by atoms with Gasteiger partial charge in [0.25, 0.3) is 0 Å². The van der Waals surface area contributed by atoms with Gasteiger partial charge in [-0.3, -0.25) is 4.79 Å². The van der Waals surface area contributed by atoms with Crippen LogP contribution in [0.3, 0.4) is 0 Å². The van der Waals surface area contributed by atoms with E-state index in [1.54, 1.807) is 18.2 Å². The molecule has 0 aromatic heterocycles. The van der Waals surface area contributed by atoms with Crippen LogP contribution in [0.4, 0.5) is 10.1 Å². The lowest BCUT2D eigenvalue weighted by atomic mass is 9.98. The fourth-order valence-electron chi connectivity index (χ4n) is 2.22. The molecule has 24 heavy (non-hydrogen) atoms. The molecule has 5 nitrogen and oxygen atoms in total. The molecule has 124 valence electrons. The van der Waals surface area contributed by atoms with Crippen LogP contribution in [0.1, 0.15) is 5.56 Å². The van der Waals surface area contributed by atoms with E-state index < -0.39 is 17.6 Å². The Balaban J connectivity index is 2.15. The minimum atomic E-state index is -0.920. The smallest absolute Gasteiger partial charge is 0.242 e. The summed E-state index contributed by atoms with van der Waals surface area (Å²) < 4.78 is 23.3. The molecule has 0 spiro atoms. The molecule has 0 aliphatic rings. The number of halogens is 1. The van der Waals surface area contributed by atoms with Crippen LogP contribution in [0, 0.1) is 23.1 Å². The van der Waals surface area contributed by atoms with Crippen molar-refractivity contribution < 1.29 is 18.7 Å². The van der Waals surface area contributed by atoms with Crippen LogP contribution < -0.4 is 14.8 Å². The number of hydrogen-bond acceptors (Lipinski definition) is 4. The first-order valence-corrected chi connectivity index (χ1v) is 7.24. The van der Waals surface area contributed by atoms with Gasteiger partial charge in [0.05, 0.1) is 20.3 Å². The summed E-state index contributed by atoms with van der Waals surface area (Å²) in [5.74, 6) is -0.594. The Labute approximate surface area is 139 Å². The minimum Gasteiger partial charge on any atom is -0.497 e. The van der Waals surface area contributed by atoms with E-state index in [1.165, 1.54) is 38.5 Å². The van der Waals surface area contributed by atoms with E-state index in [9.17, 15) is 14.4 Å². The summed E-state index contributed by atoms with van der Waals surface area (Å²) in [4.78, 5) is 12.3. The second kappa shape index (κ2) is 7.97. The predicted molar refractivity (Wildman–Crippen MR) is 87.4 cm³/mol. The number of rotatable bonds is 6. The molecule has 2 rings (SSSR count). The van der Waals surface area contributed by atoms with E-state index >= 15 is 0 Å². The largest absolute Gasteiger partial charge is 0.497 e. The van der Waals surface area contributed by atoms with E-state index in [-0.39, 0.29) is 6.42 Å². The number of nitrogens with one attached hydrogen (secondary N) is 1. The summed E-state index contributed by atoms with van der Waals surface area (Å²) in [5.41, 5.74) is 1.12. The molecule has 1 amide bonds. The highest BCUT2D eigenvalue weighted by Gasteiger charge is 2.21. The van der Waals surface area contributed by atoms with Gasteiger partial charge < -0.3 is 14.8 Å².